The van der Waals surface area contributed by atoms with Crippen LogP contribution in [0.2, 0.25) is 0 Å². The van der Waals surface area contributed by atoms with Crippen LogP contribution in [0.25, 0.3) is 0 Å². The molecule has 0 spiro atoms. The van der Waals surface area contributed by atoms with Crippen LogP contribution in [0, 0.1) is 0 Å². The number of hydrogen-bond acceptors (Lipinski definition) is 1. The van der Waals surface area contributed by atoms with E-state index in [0.717, 1.165) is 11.0 Å². The van der Waals surface area contributed by atoms with E-state index in [0.29, 0.717) is 0 Å². The van der Waals surface area contributed by atoms with Crippen molar-refractivity contribution in [1.82, 2.24) is 0 Å². The summed E-state index contributed by atoms with van der Waals surface area (Å²) in [5.74, 6) is 1.25. The third-order valence-electron chi connectivity index (χ3n) is 1.88. The summed E-state index contributed by atoms with van der Waals surface area (Å²) in [6.07, 6.45) is 0. The number of hydrogen-bond donors (Lipinski definition) is 0. The van der Waals surface area contributed by atoms with Gasteiger partial charge in [0.25, 0.3) is 0 Å². The van der Waals surface area contributed by atoms with Crippen molar-refractivity contribution in [2.45, 2.75) is 6.92 Å². The molecule has 2 nitrogen and oxygen atoms in total. The van der Waals surface area contributed by atoms with Crippen LogP contribution in [0.3, 0.4) is 0 Å². The summed E-state index contributed by atoms with van der Waals surface area (Å²) >= 11 is 0. The highest BCUT2D eigenvalue weighted by Gasteiger charge is 2.23. The molecule has 0 amide bonds. The first-order chi connectivity index (χ1) is 3.63. The van der Waals surface area contributed by atoms with Crippen molar-refractivity contribution >= 4 is 5.84 Å². The van der Waals surface area contributed by atoms with Crippen LogP contribution in [0.4, 0.5) is 0 Å². The molecule has 1 rings (SSSR count). The average Bonchev–Trinajstić information content (AvgIpc) is 1.86. The second kappa shape index (κ2) is 1.55. The van der Waals surface area contributed by atoms with Gasteiger partial charge in [0.05, 0.1) is 20.6 Å². The summed E-state index contributed by atoms with van der Waals surface area (Å²) in [5, 5.41) is 0. The van der Waals surface area contributed by atoms with E-state index in [1.165, 1.54) is 12.4 Å². The molecule has 1 aliphatic heterocycles. The molecule has 0 aromatic carbocycles. The third kappa shape index (κ3) is 0.757. The molecule has 8 heavy (non-hydrogen) atoms. The lowest BCUT2D eigenvalue weighted by atomic mass is 10.5. The summed E-state index contributed by atoms with van der Waals surface area (Å²) in [5.41, 5.74) is 0. The van der Waals surface area contributed by atoms with Gasteiger partial charge in [-0.15, -0.1) is 0 Å². The monoisotopic (exact) mass is 113 g/mol. The normalized spacial score (nSPS) is 25.6. The first-order valence-electron chi connectivity index (χ1n) is 2.97. The van der Waals surface area contributed by atoms with Gasteiger partial charge in [-0.25, -0.2) is 4.99 Å². The highest BCUT2D eigenvalue weighted by Crippen LogP contribution is 2.05. The van der Waals surface area contributed by atoms with Crippen molar-refractivity contribution in [3.05, 3.63) is 0 Å². The summed E-state index contributed by atoms with van der Waals surface area (Å²) in [6, 6.07) is 0. The molecule has 0 radical (unpaired) electrons. The van der Waals surface area contributed by atoms with E-state index in [9.17, 15) is 0 Å². The van der Waals surface area contributed by atoms with Gasteiger partial charge < -0.3 is 0 Å². The lowest BCUT2D eigenvalue weighted by Crippen LogP contribution is -2.41. The lowest BCUT2D eigenvalue weighted by Gasteiger charge is -2.21. The Kier molecular flexibility index (Phi) is 1.12. The zero-order chi connectivity index (χ0) is 6.20. The van der Waals surface area contributed by atoms with Gasteiger partial charge in [-0.3, -0.25) is 4.48 Å². The molecule has 0 saturated heterocycles. The second-order valence-corrected chi connectivity index (χ2v) is 2.84. The van der Waals surface area contributed by atoms with E-state index in [1.807, 2.05) is 0 Å². The van der Waals surface area contributed by atoms with Crippen molar-refractivity contribution in [2.75, 3.05) is 27.2 Å². The van der Waals surface area contributed by atoms with Gasteiger partial charge in [0.1, 0.15) is 6.54 Å². The highest BCUT2D eigenvalue weighted by atomic mass is 15.4. The Labute approximate surface area is 50.4 Å². The number of rotatable bonds is 0. The van der Waals surface area contributed by atoms with E-state index in [2.05, 4.69) is 26.0 Å². The molecule has 0 aromatic rings. The van der Waals surface area contributed by atoms with Gasteiger partial charge in [0.15, 0.2) is 5.84 Å². The molecular formula is C6H13N2+. The molecule has 0 aliphatic carbocycles. The van der Waals surface area contributed by atoms with E-state index in [4.69, 9.17) is 0 Å². The molecule has 46 valence electrons. The number of quaternary nitrogens is 1. The standard InChI is InChI=1S/C6H13N2/c1-6-7-4-5-8(6,2)3/h4-5H2,1-3H3/q+1. The van der Waals surface area contributed by atoms with E-state index >= 15 is 0 Å². The zero-order valence-electron chi connectivity index (χ0n) is 5.81. The van der Waals surface area contributed by atoms with Gasteiger partial charge in [-0.1, -0.05) is 0 Å². The Bertz CT molecular complexity index is 124. The third-order valence-corrected chi connectivity index (χ3v) is 1.88. The first kappa shape index (κ1) is 5.76. The van der Waals surface area contributed by atoms with Crippen LogP contribution in [0.1, 0.15) is 6.92 Å². The molecule has 0 aromatic heterocycles. The van der Waals surface area contributed by atoms with Crippen LogP contribution in [0.15, 0.2) is 4.99 Å². The average molecular weight is 113 g/mol. The van der Waals surface area contributed by atoms with Gasteiger partial charge in [-0.2, -0.15) is 0 Å². The summed E-state index contributed by atoms with van der Waals surface area (Å²) in [7, 11) is 4.37. The molecule has 0 N–H and O–H groups in total. The van der Waals surface area contributed by atoms with E-state index in [-0.39, 0.29) is 0 Å². The number of nitrogens with zero attached hydrogens (tertiary/aromatic N) is 2. The fourth-order valence-corrected chi connectivity index (χ4v) is 0.815. The van der Waals surface area contributed by atoms with E-state index in [1.54, 1.807) is 0 Å². The SMILES string of the molecule is CC1=NCC[N+]1(C)C. The predicted molar refractivity (Wildman–Crippen MR) is 35.0 cm³/mol. The molecule has 1 aliphatic rings. The molecule has 0 saturated carbocycles. The Balaban J connectivity index is 2.73. The summed E-state index contributed by atoms with van der Waals surface area (Å²) in [6.45, 7) is 4.28. The maximum absolute atomic E-state index is 4.28. The van der Waals surface area contributed by atoms with Crippen LogP contribution in [-0.4, -0.2) is 37.5 Å². The van der Waals surface area contributed by atoms with Crippen molar-refractivity contribution in [2.24, 2.45) is 4.99 Å². The topological polar surface area (TPSA) is 12.4 Å². The number of likely N-dealkylation sites (N-methyl/N-ethyl adjacent to an activating group) is 1. The minimum absolute atomic E-state index is 0.986. The molecular weight excluding hydrogens is 100 g/mol. The quantitative estimate of drug-likeness (QED) is 0.405. The zero-order valence-corrected chi connectivity index (χ0v) is 5.81. The van der Waals surface area contributed by atoms with Gasteiger partial charge in [0.2, 0.25) is 0 Å². The van der Waals surface area contributed by atoms with Crippen molar-refractivity contribution < 1.29 is 4.48 Å². The minimum Gasteiger partial charge on any atom is -0.282 e. The molecule has 2 heteroatoms. The minimum atomic E-state index is 0.986. The van der Waals surface area contributed by atoms with Crippen molar-refractivity contribution in [3.63, 3.8) is 0 Å². The maximum atomic E-state index is 4.28. The fraction of sp³-hybridized carbons (Fsp3) is 0.833. The van der Waals surface area contributed by atoms with Crippen molar-refractivity contribution in [3.8, 4) is 0 Å². The van der Waals surface area contributed by atoms with Crippen LogP contribution < -0.4 is 0 Å². The predicted octanol–water partition coefficient (Wildman–Crippen LogP) is 0.495. The summed E-state index contributed by atoms with van der Waals surface area (Å²) < 4.78 is 0.986. The highest BCUT2D eigenvalue weighted by molar-refractivity contribution is 5.73. The van der Waals surface area contributed by atoms with Crippen LogP contribution >= 0.6 is 0 Å². The Morgan fingerprint density at radius 3 is 2.25 bits per heavy atom. The molecule has 0 bridgehead atoms. The Hall–Kier alpha value is -0.370. The second-order valence-electron chi connectivity index (χ2n) is 2.84. The smallest absolute Gasteiger partial charge is 0.194 e. The Morgan fingerprint density at radius 1 is 1.50 bits per heavy atom. The van der Waals surface area contributed by atoms with Crippen molar-refractivity contribution in [1.29, 1.82) is 0 Å². The summed E-state index contributed by atoms with van der Waals surface area (Å²) in [4.78, 5) is 4.28. The van der Waals surface area contributed by atoms with E-state index < -0.39 is 0 Å². The fourth-order valence-electron chi connectivity index (χ4n) is 0.815. The van der Waals surface area contributed by atoms with Crippen LogP contribution in [-0.2, 0) is 0 Å². The lowest BCUT2D eigenvalue weighted by molar-refractivity contribution is -0.792. The Morgan fingerprint density at radius 2 is 2.12 bits per heavy atom. The van der Waals surface area contributed by atoms with Gasteiger partial charge in [0, 0.05) is 6.92 Å². The molecule has 0 atom stereocenters. The number of amidine groups is 1. The van der Waals surface area contributed by atoms with Gasteiger partial charge in [-0.05, 0) is 0 Å². The maximum Gasteiger partial charge on any atom is 0.194 e. The van der Waals surface area contributed by atoms with Gasteiger partial charge >= 0.3 is 0 Å². The molecule has 1 heterocycles. The first-order valence-corrected chi connectivity index (χ1v) is 2.97. The number of aliphatic imine (C=N–C) groups is 1. The molecule has 0 fully saturated rings. The largest absolute Gasteiger partial charge is 0.282 e. The molecule has 0 unspecified atom stereocenters. The van der Waals surface area contributed by atoms with Crippen LogP contribution in [0.5, 0.6) is 0 Å².